The van der Waals surface area contributed by atoms with Crippen LogP contribution in [0, 0.1) is 0 Å². The maximum absolute atomic E-state index is 6.19. The van der Waals surface area contributed by atoms with E-state index in [4.69, 9.17) is 28.9 Å². The highest BCUT2D eigenvalue weighted by molar-refractivity contribution is 6.37. The van der Waals surface area contributed by atoms with E-state index in [1.54, 1.807) is 19.2 Å². The summed E-state index contributed by atoms with van der Waals surface area (Å²) in [6.45, 7) is 0. The van der Waals surface area contributed by atoms with Gasteiger partial charge in [-0.25, -0.2) is 9.97 Å². The predicted octanol–water partition coefficient (Wildman–Crippen LogP) is 3.56. The number of aromatic amines is 1. The van der Waals surface area contributed by atoms with Gasteiger partial charge in [-0.1, -0.05) is 23.2 Å². The van der Waals surface area contributed by atoms with Crippen LogP contribution in [0.4, 0.5) is 11.5 Å². The van der Waals surface area contributed by atoms with E-state index in [9.17, 15) is 0 Å². The molecule has 0 amide bonds. The molecule has 3 rings (SSSR count). The Balaban J connectivity index is 2.22. The van der Waals surface area contributed by atoms with Gasteiger partial charge in [-0.05, 0) is 24.3 Å². The normalized spacial score (nSPS) is 10.9. The molecule has 0 aliphatic carbocycles. The quantitative estimate of drug-likeness (QED) is 0.632. The van der Waals surface area contributed by atoms with Gasteiger partial charge >= 0.3 is 0 Å². The number of nitrogens with two attached hydrogens (primary N) is 1. The number of halogens is 2. The summed E-state index contributed by atoms with van der Waals surface area (Å²) in [7, 11) is 1.80. The molecule has 102 valence electrons. The minimum Gasteiger partial charge on any atom is -0.397 e. The second-order valence-corrected chi connectivity index (χ2v) is 5.04. The van der Waals surface area contributed by atoms with Gasteiger partial charge in [0.25, 0.3) is 0 Å². The third-order valence-electron chi connectivity index (χ3n) is 2.98. The zero-order chi connectivity index (χ0) is 14.3. The molecule has 2 heterocycles. The van der Waals surface area contributed by atoms with E-state index in [-0.39, 0.29) is 0 Å². The highest BCUT2D eigenvalue weighted by Crippen LogP contribution is 2.36. The monoisotopic (exact) mass is 307 g/mol. The lowest BCUT2D eigenvalue weighted by molar-refractivity contribution is 1.28. The topological polar surface area (TPSA) is 79.6 Å². The molecule has 0 saturated carbocycles. The number of nitrogens with one attached hydrogen (secondary N) is 2. The largest absolute Gasteiger partial charge is 0.397 e. The Kier molecular flexibility index (Phi) is 3.16. The number of rotatable bonds is 2. The lowest BCUT2D eigenvalue weighted by Gasteiger charge is -2.06. The molecule has 0 atom stereocenters. The number of nitrogen functional groups attached to an aromatic ring is 1. The van der Waals surface area contributed by atoms with Gasteiger partial charge in [0, 0.05) is 7.05 Å². The molecule has 0 aliphatic heterocycles. The minimum atomic E-state index is 0.395. The van der Waals surface area contributed by atoms with Crippen molar-refractivity contribution in [1.82, 2.24) is 15.0 Å². The molecular weight excluding hydrogens is 297 g/mol. The summed E-state index contributed by atoms with van der Waals surface area (Å²) in [5.41, 5.74) is 8.35. The summed E-state index contributed by atoms with van der Waals surface area (Å²) in [5, 5.41) is 3.89. The van der Waals surface area contributed by atoms with Crippen LogP contribution in [-0.2, 0) is 0 Å². The molecule has 5 nitrogen and oxygen atoms in total. The van der Waals surface area contributed by atoms with Crippen molar-refractivity contribution in [2.24, 2.45) is 0 Å². The number of anilines is 2. The van der Waals surface area contributed by atoms with E-state index in [2.05, 4.69) is 20.3 Å². The molecule has 7 heteroatoms. The van der Waals surface area contributed by atoms with Crippen molar-refractivity contribution in [2.75, 3.05) is 18.1 Å². The Hall–Kier alpha value is -1.98. The summed E-state index contributed by atoms with van der Waals surface area (Å²) in [4.78, 5) is 11.9. The molecule has 0 aliphatic rings. The predicted molar refractivity (Wildman–Crippen MR) is 83.3 cm³/mol. The van der Waals surface area contributed by atoms with Crippen LogP contribution < -0.4 is 11.1 Å². The van der Waals surface area contributed by atoms with E-state index in [0.717, 1.165) is 11.3 Å². The van der Waals surface area contributed by atoms with Gasteiger partial charge in [-0.3, -0.25) is 0 Å². The van der Waals surface area contributed by atoms with E-state index in [1.165, 1.54) is 0 Å². The Morgan fingerprint density at radius 3 is 2.60 bits per heavy atom. The summed E-state index contributed by atoms with van der Waals surface area (Å²) in [6.07, 6.45) is 0. The number of hydrogen-bond donors (Lipinski definition) is 3. The van der Waals surface area contributed by atoms with Crippen LogP contribution in [0.2, 0.25) is 10.0 Å². The number of aromatic nitrogens is 3. The van der Waals surface area contributed by atoms with Gasteiger partial charge in [0.15, 0.2) is 5.65 Å². The Morgan fingerprint density at radius 1 is 1.10 bits per heavy atom. The molecule has 0 unspecified atom stereocenters. The van der Waals surface area contributed by atoms with E-state index in [0.29, 0.717) is 32.8 Å². The maximum Gasteiger partial charge on any atom is 0.180 e. The van der Waals surface area contributed by atoms with E-state index >= 15 is 0 Å². The first-order valence-electron chi connectivity index (χ1n) is 5.88. The third kappa shape index (κ3) is 2.05. The molecular formula is C13H11Cl2N5. The van der Waals surface area contributed by atoms with Crippen LogP contribution in [0.3, 0.4) is 0 Å². The van der Waals surface area contributed by atoms with Gasteiger partial charge in [-0.2, -0.15) is 0 Å². The van der Waals surface area contributed by atoms with Crippen molar-refractivity contribution in [3.63, 3.8) is 0 Å². The van der Waals surface area contributed by atoms with Crippen molar-refractivity contribution in [1.29, 1.82) is 0 Å². The van der Waals surface area contributed by atoms with Crippen LogP contribution in [0.25, 0.3) is 22.6 Å². The zero-order valence-corrected chi connectivity index (χ0v) is 12.0. The van der Waals surface area contributed by atoms with Crippen LogP contribution in [-0.4, -0.2) is 22.0 Å². The number of fused-ring (bicyclic) bond motifs is 1. The summed E-state index contributed by atoms with van der Waals surface area (Å²) >= 11 is 12.2. The second-order valence-electron chi connectivity index (χ2n) is 4.22. The van der Waals surface area contributed by atoms with Crippen molar-refractivity contribution >= 4 is 45.9 Å². The van der Waals surface area contributed by atoms with E-state index in [1.807, 2.05) is 12.1 Å². The van der Waals surface area contributed by atoms with Gasteiger partial charge in [0.2, 0.25) is 0 Å². The Bertz CT molecular complexity index is 797. The Morgan fingerprint density at radius 2 is 1.85 bits per heavy atom. The lowest BCUT2D eigenvalue weighted by atomic mass is 10.1. The number of H-pyrrole nitrogens is 1. The zero-order valence-electron chi connectivity index (χ0n) is 10.5. The minimum absolute atomic E-state index is 0.395. The number of hydrogen-bond acceptors (Lipinski definition) is 4. The van der Waals surface area contributed by atoms with Gasteiger partial charge in [0.1, 0.15) is 11.6 Å². The van der Waals surface area contributed by atoms with Crippen LogP contribution >= 0.6 is 23.2 Å². The molecule has 0 saturated heterocycles. The van der Waals surface area contributed by atoms with Crippen molar-refractivity contribution in [3.05, 3.63) is 34.3 Å². The average molecular weight is 308 g/mol. The molecule has 4 N–H and O–H groups in total. The maximum atomic E-state index is 6.19. The molecule has 2 aromatic heterocycles. The van der Waals surface area contributed by atoms with Gasteiger partial charge in [-0.15, -0.1) is 0 Å². The third-order valence-corrected chi connectivity index (χ3v) is 3.62. The highest BCUT2D eigenvalue weighted by Gasteiger charge is 2.15. The van der Waals surface area contributed by atoms with E-state index < -0.39 is 0 Å². The van der Waals surface area contributed by atoms with Crippen LogP contribution in [0.15, 0.2) is 24.3 Å². The molecule has 3 aromatic rings. The fourth-order valence-corrected chi connectivity index (χ4v) is 2.37. The fourth-order valence-electron chi connectivity index (χ4n) is 1.96. The van der Waals surface area contributed by atoms with Crippen molar-refractivity contribution in [2.45, 2.75) is 0 Å². The molecule has 20 heavy (non-hydrogen) atoms. The van der Waals surface area contributed by atoms with Crippen molar-refractivity contribution in [3.8, 4) is 11.4 Å². The first kappa shape index (κ1) is 13.0. The standard InChI is InChI=1S/C13H11Cl2N5/c1-17-9-5-4-8-12(19-9)20-13(18-8)10-6(14)2-3-7(15)11(10)16/h2-5H,16H2,1H3,(H2,17,18,19,20). The first-order valence-corrected chi connectivity index (χ1v) is 6.64. The smallest absolute Gasteiger partial charge is 0.180 e. The molecule has 1 aromatic carbocycles. The lowest BCUT2D eigenvalue weighted by Crippen LogP contribution is -1.93. The second kappa shape index (κ2) is 4.85. The number of benzene rings is 1. The molecule has 0 spiro atoms. The average Bonchev–Trinajstić information content (AvgIpc) is 2.85. The van der Waals surface area contributed by atoms with Gasteiger partial charge in [0.05, 0.1) is 26.8 Å². The summed E-state index contributed by atoms with van der Waals surface area (Å²) < 4.78 is 0. The number of nitrogens with zero attached hydrogens (tertiary/aromatic N) is 2. The Labute approximate surface area is 125 Å². The fraction of sp³-hybridized carbons (Fsp3) is 0.0769. The highest BCUT2D eigenvalue weighted by atomic mass is 35.5. The summed E-state index contributed by atoms with van der Waals surface area (Å²) in [6, 6.07) is 7.09. The molecule has 0 radical (unpaired) electrons. The van der Waals surface area contributed by atoms with Crippen LogP contribution in [0.5, 0.6) is 0 Å². The SMILES string of the molecule is CNc1ccc2[nH]c(-c3c(Cl)ccc(Cl)c3N)nc2n1. The first-order chi connectivity index (χ1) is 9.60. The molecule has 0 bridgehead atoms. The number of imidazole rings is 1. The summed E-state index contributed by atoms with van der Waals surface area (Å²) in [5.74, 6) is 1.28. The van der Waals surface area contributed by atoms with Crippen molar-refractivity contribution < 1.29 is 0 Å². The molecule has 0 fully saturated rings. The van der Waals surface area contributed by atoms with Gasteiger partial charge < -0.3 is 16.0 Å². The van der Waals surface area contributed by atoms with Crippen LogP contribution in [0.1, 0.15) is 0 Å². The number of pyridine rings is 1.